The average molecular weight is 347 g/mol. The van der Waals surface area contributed by atoms with Crippen molar-refractivity contribution in [1.82, 2.24) is 24.8 Å². The molecule has 126 valence electrons. The van der Waals surface area contributed by atoms with Gasteiger partial charge in [-0.25, -0.2) is 4.98 Å². The smallest absolute Gasteiger partial charge is 0.249 e. The Morgan fingerprint density at radius 2 is 2.42 bits per heavy atom. The van der Waals surface area contributed by atoms with Crippen LogP contribution >= 0.6 is 11.3 Å². The Morgan fingerprint density at radius 1 is 1.50 bits per heavy atom. The maximum Gasteiger partial charge on any atom is 0.249 e. The molecule has 8 nitrogen and oxygen atoms in total. The lowest BCUT2D eigenvalue weighted by molar-refractivity contribution is -0.130. The Labute approximate surface area is 141 Å². The Hall–Kier alpha value is -2.26. The van der Waals surface area contributed by atoms with Crippen molar-refractivity contribution in [2.45, 2.75) is 32.3 Å². The maximum absolute atomic E-state index is 11.9. The summed E-state index contributed by atoms with van der Waals surface area (Å²) in [6.45, 7) is 3.03. The second-order valence-electron chi connectivity index (χ2n) is 5.66. The minimum absolute atomic E-state index is 0.0705. The molecule has 0 aromatic carbocycles. The number of nitrogens with one attached hydrogen (secondary N) is 1. The predicted molar refractivity (Wildman–Crippen MR) is 86.8 cm³/mol. The van der Waals surface area contributed by atoms with Gasteiger partial charge in [-0.15, -0.1) is 11.3 Å². The molecule has 1 N–H and O–H groups in total. The predicted octanol–water partition coefficient (Wildman–Crippen LogP) is 1.59. The van der Waals surface area contributed by atoms with Crippen LogP contribution in [-0.2, 0) is 16.0 Å². The summed E-state index contributed by atoms with van der Waals surface area (Å²) in [6, 6.07) is 0. The van der Waals surface area contributed by atoms with Crippen molar-refractivity contribution < 1.29 is 14.1 Å². The molecule has 4 rings (SSSR count). The number of hydrogen-bond acceptors (Lipinski definition) is 7. The Balaban J connectivity index is 1.41. The number of fused-ring (bicyclic) bond motifs is 1. The van der Waals surface area contributed by atoms with Gasteiger partial charge < -0.3 is 14.6 Å². The van der Waals surface area contributed by atoms with Crippen molar-refractivity contribution in [3.8, 4) is 11.5 Å². The van der Waals surface area contributed by atoms with Crippen molar-refractivity contribution in [2.24, 2.45) is 0 Å². The van der Waals surface area contributed by atoms with Crippen LogP contribution in [0.2, 0.25) is 0 Å². The van der Waals surface area contributed by atoms with E-state index in [1.807, 2.05) is 22.9 Å². The summed E-state index contributed by atoms with van der Waals surface area (Å²) in [5.41, 5.74) is 1.70. The zero-order chi connectivity index (χ0) is 16.5. The molecule has 0 aliphatic carbocycles. The number of aryl methyl sites for hydroxylation is 1. The molecule has 0 radical (unpaired) electrons. The normalized spacial score (nSPS) is 17.6. The lowest BCUT2D eigenvalue weighted by atomic mass is 10.2. The zero-order valence-electron chi connectivity index (χ0n) is 13.2. The Morgan fingerprint density at radius 3 is 3.25 bits per heavy atom. The molecule has 3 aromatic heterocycles. The van der Waals surface area contributed by atoms with Crippen LogP contribution in [0.15, 0.2) is 16.1 Å². The van der Waals surface area contributed by atoms with E-state index in [-0.39, 0.29) is 12.0 Å². The van der Waals surface area contributed by atoms with Crippen LogP contribution in [0.1, 0.15) is 24.4 Å². The van der Waals surface area contributed by atoms with E-state index in [0.29, 0.717) is 31.3 Å². The molecule has 1 atom stereocenters. The highest BCUT2D eigenvalue weighted by molar-refractivity contribution is 7.15. The minimum atomic E-state index is -0.315. The summed E-state index contributed by atoms with van der Waals surface area (Å²) in [6.07, 6.45) is 3.83. The number of rotatable bonds is 5. The number of carbonyl (C=O) groups is 1. The van der Waals surface area contributed by atoms with E-state index < -0.39 is 0 Å². The fourth-order valence-corrected chi connectivity index (χ4v) is 3.57. The first-order valence-corrected chi connectivity index (χ1v) is 8.75. The van der Waals surface area contributed by atoms with Crippen molar-refractivity contribution in [3.63, 3.8) is 0 Å². The second-order valence-corrected chi connectivity index (χ2v) is 6.53. The number of hydrogen-bond donors (Lipinski definition) is 1. The third kappa shape index (κ3) is 2.80. The van der Waals surface area contributed by atoms with Crippen LogP contribution < -0.4 is 5.32 Å². The Bertz CT molecular complexity index is 862. The first-order valence-electron chi connectivity index (χ1n) is 7.87. The van der Waals surface area contributed by atoms with Crippen molar-refractivity contribution in [1.29, 1.82) is 0 Å². The van der Waals surface area contributed by atoms with Gasteiger partial charge in [-0.3, -0.25) is 9.20 Å². The second kappa shape index (κ2) is 6.33. The topological polar surface area (TPSA) is 94.6 Å². The van der Waals surface area contributed by atoms with Gasteiger partial charge in [-0.05, 0) is 19.8 Å². The maximum atomic E-state index is 11.9. The molecule has 3 aromatic rings. The number of thiazole rings is 1. The van der Waals surface area contributed by atoms with Gasteiger partial charge in [0.15, 0.2) is 4.96 Å². The van der Waals surface area contributed by atoms with Crippen molar-refractivity contribution in [3.05, 3.63) is 23.2 Å². The van der Waals surface area contributed by atoms with Crippen LogP contribution in [0.4, 0.5) is 0 Å². The van der Waals surface area contributed by atoms with Gasteiger partial charge in [-0.2, -0.15) is 4.98 Å². The molecule has 1 unspecified atom stereocenters. The summed E-state index contributed by atoms with van der Waals surface area (Å²) >= 11 is 1.56. The van der Waals surface area contributed by atoms with E-state index in [1.165, 1.54) is 0 Å². The van der Waals surface area contributed by atoms with Crippen LogP contribution in [0.3, 0.4) is 0 Å². The summed E-state index contributed by atoms with van der Waals surface area (Å²) in [4.78, 5) is 21.7. The van der Waals surface area contributed by atoms with Crippen LogP contribution in [0, 0.1) is 6.92 Å². The number of imidazole rings is 1. The van der Waals surface area contributed by atoms with Crippen molar-refractivity contribution >= 4 is 22.2 Å². The summed E-state index contributed by atoms with van der Waals surface area (Å²) in [7, 11) is 0. The third-order valence-electron chi connectivity index (χ3n) is 3.98. The zero-order valence-corrected chi connectivity index (χ0v) is 14.0. The molecule has 4 heterocycles. The first-order chi connectivity index (χ1) is 11.7. The van der Waals surface area contributed by atoms with E-state index in [0.717, 1.165) is 29.2 Å². The number of carbonyl (C=O) groups excluding carboxylic acids is 1. The molecule has 9 heteroatoms. The van der Waals surface area contributed by atoms with Crippen LogP contribution in [0.5, 0.6) is 0 Å². The van der Waals surface area contributed by atoms with Crippen molar-refractivity contribution in [2.75, 3.05) is 13.2 Å². The highest BCUT2D eigenvalue weighted by atomic mass is 32.1. The Kier molecular flexibility index (Phi) is 4.03. The summed E-state index contributed by atoms with van der Waals surface area (Å²) in [5.74, 6) is 0.930. The summed E-state index contributed by atoms with van der Waals surface area (Å²) in [5, 5.41) is 8.86. The highest BCUT2D eigenvalue weighted by Gasteiger charge is 2.23. The minimum Gasteiger partial charge on any atom is -0.368 e. The van der Waals surface area contributed by atoms with Crippen LogP contribution in [0.25, 0.3) is 16.5 Å². The molecule has 0 saturated carbocycles. The standard InChI is InChI=1S/C15H17N5O3S/c1-9-12(20-6-8-24-15(20)17-9)13-18-11(23-19-13)4-5-16-14(21)10-3-2-7-22-10/h6,8,10H,2-5,7H2,1H3,(H,16,21). The van der Waals surface area contributed by atoms with E-state index in [1.54, 1.807) is 11.3 Å². The molecular weight excluding hydrogens is 330 g/mol. The van der Waals surface area contributed by atoms with E-state index in [4.69, 9.17) is 9.26 Å². The molecule has 1 saturated heterocycles. The number of amides is 1. The lowest BCUT2D eigenvalue weighted by Gasteiger charge is -2.08. The lowest BCUT2D eigenvalue weighted by Crippen LogP contribution is -2.35. The van der Waals surface area contributed by atoms with Gasteiger partial charge in [0, 0.05) is 31.1 Å². The van der Waals surface area contributed by atoms with Gasteiger partial charge in [0.1, 0.15) is 11.8 Å². The average Bonchev–Trinajstić information content (AvgIpc) is 3.31. The fourth-order valence-electron chi connectivity index (χ4n) is 2.81. The molecule has 1 amide bonds. The number of nitrogens with zero attached hydrogens (tertiary/aromatic N) is 4. The quantitative estimate of drug-likeness (QED) is 0.753. The molecule has 24 heavy (non-hydrogen) atoms. The third-order valence-corrected chi connectivity index (χ3v) is 4.73. The first kappa shape index (κ1) is 15.3. The fraction of sp³-hybridized carbons (Fsp3) is 0.467. The van der Waals surface area contributed by atoms with E-state index in [9.17, 15) is 4.79 Å². The van der Waals surface area contributed by atoms with E-state index in [2.05, 4.69) is 20.4 Å². The molecule has 1 aliphatic rings. The SMILES string of the molecule is Cc1nc2sccn2c1-c1noc(CCNC(=O)C2CCCO2)n1. The highest BCUT2D eigenvalue weighted by Crippen LogP contribution is 2.24. The van der Waals surface area contributed by atoms with Gasteiger partial charge in [0.2, 0.25) is 17.6 Å². The molecular formula is C15H17N5O3S. The van der Waals surface area contributed by atoms with Gasteiger partial charge in [0.05, 0.1) is 5.69 Å². The molecule has 1 aliphatic heterocycles. The van der Waals surface area contributed by atoms with Gasteiger partial charge in [0.25, 0.3) is 0 Å². The van der Waals surface area contributed by atoms with Gasteiger partial charge in [-0.1, -0.05) is 5.16 Å². The summed E-state index contributed by atoms with van der Waals surface area (Å²) < 4.78 is 12.6. The number of aromatic nitrogens is 4. The monoisotopic (exact) mass is 347 g/mol. The van der Waals surface area contributed by atoms with E-state index >= 15 is 0 Å². The largest absolute Gasteiger partial charge is 0.368 e. The van der Waals surface area contributed by atoms with Crippen LogP contribution in [-0.4, -0.2) is 44.7 Å². The molecule has 0 bridgehead atoms. The van der Waals surface area contributed by atoms with Gasteiger partial charge >= 0.3 is 0 Å². The molecule has 0 spiro atoms. The molecule has 1 fully saturated rings. The number of ether oxygens (including phenoxy) is 1.